The SMILES string of the molecule is CCCCCCCCC=CCCCCCCCC(=O)OC(CC)OC(=O)CCCCCCCC=CCCCCCCCC.CNC. The average Bonchev–Trinajstić information content (AvgIpc) is 3.04. The van der Waals surface area contributed by atoms with Crippen LogP contribution in [0.1, 0.15) is 207 Å². The maximum Gasteiger partial charge on any atom is 0.308 e. The van der Waals surface area contributed by atoms with Crippen molar-refractivity contribution < 1.29 is 19.1 Å². The minimum absolute atomic E-state index is 0.252. The van der Waals surface area contributed by atoms with Crippen molar-refractivity contribution in [1.82, 2.24) is 5.32 Å². The number of allylic oxidation sites excluding steroid dienone is 4. The van der Waals surface area contributed by atoms with E-state index in [2.05, 4.69) is 43.5 Å². The molecule has 5 heteroatoms. The summed E-state index contributed by atoms with van der Waals surface area (Å²) in [6.07, 6.45) is 42.0. The lowest BCUT2D eigenvalue weighted by atomic mass is 10.1. The van der Waals surface area contributed by atoms with Crippen LogP contribution in [-0.4, -0.2) is 32.3 Å². The summed E-state index contributed by atoms with van der Waals surface area (Å²) >= 11 is 0. The number of hydrogen-bond acceptors (Lipinski definition) is 5. The predicted molar refractivity (Wildman–Crippen MR) is 200 cm³/mol. The number of carbonyl (C=O) groups excluding carboxylic acids is 2. The molecule has 0 bridgehead atoms. The third-order valence-corrected chi connectivity index (χ3v) is 8.14. The van der Waals surface area contributed by atoms with Gasteiger partial charge in [0.15, 0.2) is 0 Å². The van der Waals surface area contributed by atoms with Gasteiger partial charge in [0.2, 0.25) is 6.29 Å². The van der Waals surface area contributed by atoms with E-state index in [4.69, 9.17) is 9.47 Å². The van der Waals surface area contributed by atoms with Gasteiger partial charge in [-0.3, -0.25) is 9.59 Å². The van der Waals surface area contributed by atoms with Crippen LogP contribution in [0.4, 0.5) is 0 Å². The smallest absolute Gasteiger partial charge is 0.308 e. The second kappa shape index (κ2) is 41.4. The fourth-order valence-corrected chi connectivity index (χ4v) is 5.28. The van der Waals surface area contributed by atoms with Gasteiger partial charge in [0.05, 0.1) is 0 Å². The predicted octanol–water partition coefficient (Wildman–Crippen LogP) is 12.7. The van der Waals surface area contributed by atoms with Crippen LogP contribution in [0.15, 0.2) is 24.3 Å². The summed E-state index contributed by atoms with van der Waals surface area (Å²) in [6.45, 7) is 6.41. The van der Waals surface area contributed by atoms with Gasteiger partial charge < -0.3 is 14.8 Å². The van der Waals surface area contributed by atoms with Crippen molar-refractivity contribution >= 4 is 11.9 Å². The van der Waals surface area contributed by atoms with E-state index in [1.54, 1.807) is 0 Å². The van der Waals surface area contributed by atoms with Crippen molar-refractivity contribution in [2.45, 2.75) is 213 Å². The molecule has 1 N–H and O–H groups in total. The molecule has 0 atom stereocenters. The molecular formula is C41H79NO4. The van der Waals surface area contributed by atoms with Gasteiger partial charge in [-0.2, -0.15) is 0 Å². The van der Waals surface area contributed by atoms with Gasteiger partial charge in [-0.05, 0) is 78.3 Å². The molecule has 272 valence electrons. The molecule has 0 rings (SSSR count). The molecule has 0 amide bonds. The highest BCUT2D eigenvalue weighted by atomic mass is 16.7. The van der Waals surface area contributed by atoms with Gasteiger partial charge in [-0.15, -0.1) is 0 Å². The van der Waals surface area contributed by atoms with E-state index in [0.717, 1.165) is 38.5 Å². The summed E-state index contributed by atoms with van der Waals surface area (Å²) in [5.74, 6) is -0.503. The first kappa shape index (κ1) is 46.5. The second-order valence-corrected chi connectivity index (χ2v) is 13.0. The Morgan fingerprint density at radius 2 is 0.717 bits per heavy atom. The number of rotatable bonds is 33. The van der Waals surface area contributed by atoms with E-state index in [1.165, 1.54) is 128 Å². The van der Waals surface area contributed by atoms with Crippen molar-refractivity contribution in [3.05, 3.63) is 24.3 Å². The maximum absolute atomic E-state index is 12.2. The number of unbranched alkanes of at least 4 members (excludes halogenated alkanes) is 22. The highest BCUT2D eigenvalue weighted by Crippen LogP contribution is 2.14. The number of nitrogens with one attached hydrogen (secondary N) is 1. The third-order valence-electron chi connectivity index (χ3n) is 8.14. The zero-order valence-electron chi connectivity index (χ0n) is 31.5. The molecule has 0 aromatic carbocycles. The zero-order chi connectivity index (χ0) is 34.2. The van der Waals surface area contributed by atoms with E-state index in [-0.39, 0.29) is 11.9 Å². The van der Waals surface area contributed by atoms with Crippen LogP contribution in [0, 0.1) is 0 Å². The number of ether oxygens (including phenoxy) is 2. The standard InChI is InChI=1S/C39H72O4.C2H7N/c1-4-7-9-11-13-15-17-19-21-23-25-27-29-31-33-35-37(40)42-39(6-3)43-38(41)36-34-32-30-28-26-24-22-20-18-16-14-12-10-8-5-2;1-3-2/h19-22,39H,4-18,23-36H2,1-3H3;3H,1-2H3. The molecule has 0 aliphatic heterocycles. The van der Waals surface area contributed by atoms with Crippen LogP contribution in [0.3, 0.4) is 0 Å². The Kier molecular flexibility index (Phi) is 41.9. The third kappa shape index (κ3) is 40.4. The number of esters is 2. The molecule has 0 aromatic heterocycles. The minimum atomic E-state index is -0.744. The quantitative estimate of drug-likeness (QED) is 0.0332. The van der Waals surface area contributed by atoms with Gasteiger partial charge in [0.1, 0.15) is 0 Å². The van der Waals surface area contributed by atoms with Crippen molar-refractivity contribution in [3.63, 3.8) is 0 Å². The van der Waals surface area contributed by atoms with Crippen LogP contribution < -0.4 is 5.32 Å². The molecule has 5 nitrogen and oxygen atoms in total. The molecule has 0 aromatic rings. The fourth-order valence-electron chi connectivity index (χ4n) is 5.28. The summed E-state index contributed by atoms with van der Waals surface area (Å²) < 4.78 is 10.8. The van der Waals surface area contributed by atoms with E-state index in [1.807, 2.05) is 21.0 Å². The highest BCUT2D eigenvalue weighted by Gasteiger charge is 2.16. The first-order chi connectivity index (χ1) is 22.5. The average molecular weight is 650 g/mol. The lowest BCUT2D eigenvalue weighted by Gasteiger charge is -2.16. The van der Waals surface area contributed by atoms with Crippen LogP contribution in [0.2, 0.25) is 0 Å². The van der Waals surface area contributed by atoms with E-state index in [9.17, 15) is 9.59 Å². The lowest BCUT2D eigenvalue weighted by molar-refractivity contribution is -0.188. The molecule has 0 aliphatic rings. The zero-order valence-corrected chi connectivity index (χ0v) is 31.5. The van der Waals surface area contributed by atoms with E-state index >= 15 is 0 Å². The molecule has 0 unspecified atom stereocenters. The summed E-state index contributed by atoms with van der Waals surface area (Å²) in [4.78, 5) is 24.4. The number of hydrogen-bond donors (Lipinski definition) is 1. The normalized spacial score (nSPS) is 11.9. The van der Waals surface area contributed by atoms with Crippen molar-refractivity contribution in [3.8, 4) is 0 Å². The monoisotopic (exact) mass is 650 g/mol. The molecule has 0 saturated heterocycles. The maximum atomic E-state index is 12.2. The summed E-state index contributed by atoms with van der Waals surface area (Å²) in [5, 5.41) is 2.75. The van der Waals surface area contributed by atoms with Crippen molar-refractivity contribution in [1.29, 1.82) is 0 Å². The molecule has 0 aliphatic carbocycles. The summed E-state index contributed by atoms with van der Waals surface area (Å²) in [6, 6.07) is 0. The van der Waals surface area contributed by atoms with Crippen molar-refractivity contribution in [2.75, 3.05) is 14.1 Å². The Balaban J connectivity index is 0. The Labute approximate surface area is 287 Å². The molecular weight excluding hydrogens is 570 g/mol. The second-order valence-electron chi connectivity index (χ2n) is 13.0. The van der Waals surface area contributed by atoms with Gasteiger partial charge >= 0.3 is 11.9 Å². The first-order valence-corrected chi connectivity index (χ1v) is 19.8. The largest absolute Gasteiger partial charge is 0.425 e. The molecule has 0 radical (unpaired) electrons. The van der Waals surface area contributed by atoms with Gasteiger partial charge in [0.25, 0.3) is 0 Å². The van der Waals surface area contributed by atoms with Crippen LogP contribution in [0.5, 0.6) is 0 Å². The Hall–Kier alpha value is -1.62. The fraction of sp³-hybridized carbons (Fsp3) is 0.854. The van der Waals surface area contributed by atoms with Crippen LogP contribution in [-0.2, 0) is 19.1 Å². The summed E-state index contributed by atoms with van der Waals surface area (Å²) in [5.41, 5.74) is 0. The first-order valence-electron chi connectivity index (χ1n) is 19.8. The van der Waals surface area contributed by atoms with Gasteiger partial charge in [-0.1, -0.05) is 148 Å². The highest BCUT2D eigenvalue weighted by molar-refractivity contribution is 5.71. The van der Waals surface area contributed by atoms with Gasteiger partial charge in [0, 0.05) is 19.3 Å². The van der Waals surface area contributed by atoms with Crippen LogP contribution in [0.25, 0.3) is 0 Å². The Morgan fingerprint density at radius 1 is 0.457 bits per heavy atom. The van der Waals surface area contributed by atoms with Crippen molar-refractivity contribution in [2.24, 2.45) is 0 Å². The summed E-state index contributed by atoms with van der Waals surface area (Å²) in [7, 11) is 3.75. The topological polar surface area (TPSA) is 64.6 Å². The molecule has 0 heterocycles. The molecule has 46 heavy (non-hydrogen) atoms. The Bertz CT molecular complexity index is 621. The Morgan fingerprint density at radius 3 is 1.00 bits per heavy atom. The van der Waals surface area contributed by atoms with E-state index in [0.29, 0.717) is 19.3 Å². The lowest BCUT2D eigenvalue weighted by Crippen LogP contribution is -2.23. The van der Waals surface area contributed by atoms with Crippen LogP contribution >= 0.6 is 0 Å². The minimum Gasteiger partial charge on any atom is -0.425 e. The molecule has 0 saturated carbocycles. The molecule has 0 fully saturated rings. The van der Waals surface area contributed by atoms with Gasteiger partial charge in [-0.25, -0.2) is 0 Å². The number of carbonyl (C=O) groups is 2. The molecule has 0 spiro atoms. The van der Waals surface area contributed by atoms with E-state index < -0.39 is 6.29 Å².